The van der Waals surface area contributed by atoms with E-state index < -0.39 is 0 Å². The summed E-state index contributed by atoms with van der Waals surface area (Å²) < 4.78 is 0. The first kappa shape index (κ1) is 18.7. The normalized spacial score (nSPS) is 19.6. The van der Waals surface area contributed by atoms with Gasteiger partial charge in [0.05, 0.1) is 5.69 Å². The molecule has 1 aromatic heterocycles. The number of hydrogen-bond donors (Lipinski definition) is 0. The van der Waals surface area contributed by atoms with Crippen LogP contribution in [-0.4, -0.2) is 43.1 Å². The summed E-state index contributed by atoms with van der Waals surface area (Å²) in [6, 6.07) is 9.21. The van der Waals surface area contributed by atoms with Crippen LogP contribution in [0.5, 0.6) is 0 Å². The molecule has 0 radical (unpaired) electrons. The van der Waals surface area contributed by atoms with E-state index in [1.807, 2.05) is 0 Å². The van der Waals surface area contributed by atoms with E-state index >= 15 is 0 Å². The van der Waals surface area contributed by atoms with Crippen LogP contribution >= 0.6 is 23.7 Å². The van der Waals surface area contributed by atoms with Gasteiger partial charge < -0.3 is 9.80 Å². The smallest absolute Gasteiger partial charge is 0.185 e. The molecule has 0 amide bonds. The molecular formula is C20H28ClN3S. The van der Waals surface area contributed by atoms with E-state index in [1.165, 1.54) is 48.4 Å². The van der Waals surface area contributed by atoms with Crippen LogP contribution in [0.3, 0.4) is 0 Å². The lowest BCUT2D eigenvalue weighted by atomic mass is 9.84. The molecule has 5 heteroatoms. The summed E-state index contributed by atoms with van der Waals surface area (Å²) in [5.74, 6) is 0.782. The highest BCUT2D eigenvalue weighted by Gasteiger charge is 2.18. The van der Waals surface area contributed by atoms with Crippen LogP contribution in [0.1, 0.15) is 43.6 Å². The summed E-state index contributed by atoms with van der Waals surface area (Å²) in [5.41, 5.74) is 3.91. The highest BCUT2D eigenvalue weighted by molar-refractivity contribution is 7.14. The quantitative estimate of drug-likeness (QED) is 0.747. The zero-order valence-electron chi connectivity index (χ0n) is 15.0. The largest absolute Gasteiger partial charge is 0.346 e. The van der Waals surface area contributed by atoms with E-state index in [4.69, 9.17) is 4.98 Å². The van der Waals surface area contributed by atoms with Gasteiger partial charge in [0.1, 0.15) is 0 Å². The lowest BCUT2D eigenvalue weighted by molar-refractivity contribution is 0.313. The topological polar surface area (TPSA) is 19.4 Å². The molecular weight excluding hydrogens is 350 g/mol. The van der Waals surface area contributed by atoms with Crippen molar-refractivity contribution in [3.05, 3.63) is 35.2 Å². The van der Waals surface area contributed by atoms with Crippen molar-refractivity contribution in [3.8, 4) is 11.3 Å². The Kier molecular flexibility index (Phi) is 6.37. The first-order valence-corrected chi connectivity index (χ1v) is 10.2. The molecule has 0 spiro atoms. The van der Waals surface area contributed by atoms with E-state index in [-0.39, 0.29) is 12.4 Å². The van der Waals surface area contributed by atoms with Gasteiger partial charge in [0, 0.05) is 37.1 Å². The summed E-state index contributed by atoms with van der Waals surface area (Å²) in [4.78, 5) is 9.70. The number of halogens is 1. The van der Waals surface area contributed by atoms with E-state index in [1.54, 1.807) is 11.3 Å². The molecule has 1 aliphatic carbocycles. The van der Waals surface area contributed by atoms with E-state index in [2.05, 4.69) is 46.5 Å². The number of likely N-dealkylation sites (N-methyl/N-ethyl adjacent to an activating group) is 1. The van der Waals surface area contributed by atoms with Crippen molar-refractivity contribution in [2.75, 3.05) is 38.1 Å². The Hall–Kier alpha value is -1.10. The lowest BCUT2D eigenvalue weighted by Gasteiger charge is -2.32. The summed E-state index contributed by atoms with van der Waals surface area (Å²) in [5, 5.41) is 3.39. The van der Waals surface area contributed by atoms with Crippen molar-refractivity contribution in [2.24, 2.45) is 0 Å². The molecule has 1 saturated heterocycles. The van der Waals surface area contributed by atoms with Crippen LogP contribution in [0.4, 0.5) is 5.13 Å². The molecule has 1 aliphatic heterocycles. The minimum atomic E-state index is 0. The minimum Gasteiger partial charge on any atom is -0.346 e. The second kappa shape index (κ2) is 8.52. The Labute approximate surface area is 161 Å². The predicted molar refractivity (Wildman–Crippen MR) is 110 cm³/mol. The van der Waals surface area contributed by atoms with Crippen molar-refractivity contribution in [3.63, 3.8) is 0 Å². The third kappa shape index (κ3) is 4.36. The zero-order chi connectivity index (χ0) is 16.4. The first-order chi connectivity index (χ1) is 11.8. The predicted octanol–water partition coefficient (Wildman–Crippen LogP) is 5.03. The Morgan fingerprint density at radius 3 is 2.32 bits per heavy atom. The average Bonchev–Trinajstić information content (AvgIpc) is 3.13. The van der Waals surface area contributed by atoms with Crippen molar-refractivity contribution in [2.45, 2.75) is 38.0 Å². The maximum atomic E-state index is 4.90. The van der Waals surface area contributed by atoms with Gasteiger partial charge in [-0.15, -0.1) is 23.7 Å². The number of anilines is 1. The highest BCUT2D eigenvalue weighted by Crippen LogP contribution is 2.34. The molecule has 2 fully saturated rings. The van der Waals surface area contributed by atoms with Crippen LogP contribution in [0.2, 0.25) is 0 Å². The Morgan fingerprint density at radius 1 is 0.960 bits per heavy atom. The standard InChI is InChI=1S/C20H27N3S.ClH/c1-22-11-13-23(14-12-22)20-21-19(15-24-20)18-9-7-17(8-10-18)16-5-3-2-4-6-16;/h7-10,15-16H,2-6,11-14H2,1H3;1H. The Balaban J connectivity index is 0.00000182. The molecule has 0 N–H and O–H groups in total. The van der Waals surface area contributed by atoms with Crippen molar-refractivity contribution >= 4 is 28.9 Å². The van der Waals surface area contributed by atoms with Crippen LogP contribution in [0, 0.1) is 0 Å². The van der Waals surface area contributed by atoms with Gasteiger partial charge in [-0.05, 0) is 31.4 Å². The first-order valence-electron chi connectivity index (χ1n) is 9.29. The number of thiazole rings is 1. The van der Waals surface area contributed by atoms with Gasteiger partial charge in [-0.25, -0.2) is 4.98 Å². The number of nitrogens with zero attached hydrogens (tertiary/aromatic N) is 3. The van der Waals surface area contributed by atoms with Gasteiger partial charge in [0.25, 0.3) is 0 Å². The molecule has 2 heterocycles. The van der Waals surface area contributed by atoms with Gasteiger partial charge in [-0.2, -0.15) is 0 Å². The number of piperazine rings is 1. The third-order valence-corrected chi connectivity index (χ3v) is 6.45. The molecule has 4 rings (SSSR count). The second-order valence-corrected chi connectivity index (χ2v) is 8.10. The van der Waals surface area contributed by atoms with Gasteiger partial charge in [0.15, 0.2) is 5.13 Å². The number of hydrogen-bond acceptors (Lipinski definition) is 4. The fourth-order valence-electron chi connectivity index (χ4n) is 3.90. The maximum Gasteiger partial charge on any atom is 0.185 e. The Bertz CT molecular complexity index is 656. The Morgan fingerprint density at radius 2 is 1.64 bits per heavy atom. The van der Waals surface area contributed by atoms with Gasteiger partial charge in [-0.3, -0.25) is 0 Å². The summed E-state index contributed by atoms with van der Waals surface area (Å²) >= 11 is 1.78. The minimum absolute atomic E-state index is 0. The van der Waals surface area contributed by atoms with E-state index in [9.17, 15) is 0 Å². The number of benzene rings is 1. The highest BCUT2D eigenvalue weighted by atomic mass is 35.5. The molecule has 136 valence electrons. The average molecular weight is 378 g/mol. The van der Waals surface area contributed by atoms with Crippen molar-refractivity contribution in [1.29, 1.82) is 0 Å². The van der Waals surface area contributed by atoms with E-state index in [0.29, 0.717) is 0 Å². The molecule has 25 heavy (non-hydrogen) atoms. The van der Waals surface area contributed by atoms with Gasteiger partial charge in [-0.1, -0.05) is 43.5 Å². The van der Waals surface area contributed by atoms with Gasteiger partial charge >= 0.3 is 0 Å². The van der Waals surface area contributed by atoms with Crippen molar-refractivity contribution < 1.29 is 0 Å². The maximum absolute atomic E-state index is 4.90. The number of aromatic nitrogens is 1. The van der Waals surface area contributed by atoms with Crippen LogP contribution in [0.25, 0.3) is 11.3 Å². The fourth-order valence-corrected chi connectivity index (χ4v) is 4.79. The lowest BCUT2D eigenvalue weighted by Crippen LogP contribution is -2.44. The van der Waals surface area contributed by atoms with Crippen LogP contribution in [0.15, 0.2) is 29.6 Å². The van der Waals surface area contributed by atoms with Crippen LogP contribution in [-0.2, 0) is 0 Å². The summed E-state index contributed by atoms with van der Waals surface area (Å²) in [6.45, 7) is 4.43. The fraction of sp³-hybridized carbons (Fsp3) is 0.550. The molecule has 0 atom stereocenters. The monoisotopic (exact) mass is 377 g/mol. The van der Waals surface area contributed by atoms with Crippen molar-refractivity contribution in [1.82, 2.24) is 9.88 Å². The molecule has 2 aliphatic rings. The molecule has 3 nitrogen and oxygen atoms in total. The number of rotatable bonds is 3. The molecule has 0 bridgehead atoms. The van der Waals surface area contributed by atoms with Gasteiger partial charge in [0.2, 0.25) is 0 Å². The molecule has 0 unspecified atom stereocenters. The van der Waals surface area contributed by atoms with E-state index in [0.717, 1.165) is 37.8 Å². The SMILES string of the molecule is CN1CCN(c2nc(-c3ccc(C4CCCCC4)cc3)cs2)CC1.Cl. The van der Waals surface area contributed by atoms with Crippen LogP contribution < -0.4 is 4.90 Å². The zero-order valence-corrected chi connectivity index (χ0v) is 16.6. The second-order valence-electron chi connectivity index (χ2n) is 7.26. The molecule has 1 aromatic carbocycles. The molecule has 2 aromatic rings. The molecule has 1 saturated carbocycles. The summed E-state index contributed by atoms with van der Waals surface area (Å²) in [7, 11) is 2.19. The third-order valence-electron chi connectivity index (χ3n) is 5.55. The summed E-state index contributed by atoms with van der Waals surface area (Å²) in [6.07, 6.45) is 6.94.